The third-order valence-electron chi connectivity index (χ3n) is 2.67. The third-order valence-corrected chi connectivity index (χ3v) is 2.67. The molecule has 0 spiro atoms. The number of carbonyl (C=O) groups is 2. The Balaban J connectivity index is 1.93. The lowest BCUT2D eigenvalue weighted by molar-refractivity contribution is 0.0600. The summed E-state index contributed by atoms with van der Waals surface area (Å²) in [6, 6.07) is 10.4. The molecule has 1 aromatic carbocycles. The quantitative estimate of drug-likeness (QED) is 0.820. The highest BCUT2D eigenvalue weighted by molar-refractivity contribution is 5.92. The van der Waals surface area contributed by atoms with Gasteiger partial charge in [0, 0.05) is 12.7 Å². The number of aromatic amines is 1. The summed E-state index contributed by atoms with van der Waals surface area (Å²) in [4.78, 5) is 25.8. The molecule has 0 saturated carbocycles. The van der Waals surface area contributed by atoms with Crippen molar-refractivity contribution in [2.24, 2.45) is 0 Å². The Morgan fingerprint density at radius 1 is 1.21 bits per heavy atom. The molecule has 2 aromatic rings. The molecule has 1 heterocycles. The third kappa shape index (κ3) is 3.22. The Morgan fingerprint density at radius 2 is 1.95 bits per heavy atom. The normalized spacial score (nSPS) is 9.95. The van der Waals surface area contributed by atoms with Gasteiger partial charge in [-0.15, -0.1) is 0 Å². The fraction of sp³-hybridized carbons (Fsp3) is 0.143. The molecule has 2 rings (SSSR count). The molecule has 0 bridgehead atoms. The number of rotatable bonds is 4. The maximum Gasteiger partial charge on any atom is 0.337 e. The van der Waals surface area contributed by atoms with Gasteiger partial charge in [0.1, 0.15) is 5.69 Å². The molecule has 98 valence electrons. The number of carbonyl (C=O) groups excluding carboxylic acids is 2. The average Bonchev–Trinajstić information content (AvgIpc) is 2.98. The standard InChI is InChI=1S/C14H14N2O3/c1-19-14(18)11-6-4-10(5-7-11)9-16-13(17)12-3-2-8-15-12/h2-8,15H,9H2,1H3,(H,16,17). The summed E-state index contributed by atoms with van der Waals surface area (Å²) in [7, 11) is 1.34. The highest BCUT2D eigenvalue weighted by Gasteiger charge is 2.07. The molecule has 2 N–H and O–H groups in total. The van der Waals surface area contributed by atoms with Gasteiger partial charge in [-0.05, 0) is 29.8 Å². The van der Waals surface area contributed by atoms with Crippen molar-refractivity contribution in [3.05, 3.63) is 59.4 Å². The summed E-state index contributed by atoms with van der Waals surface area (Å²) in [6.45, 7) is 0.402. The number of hydrogen-bond acceptors (Lipinski definition) is 3. The van der Waals surface area contributed by atoms with E-state index >= 15 is 0 Å². The number of nitrogens with one attached hydrogen (secondary N) is 2. The molecule has 5 heteroatoms. The van der Waals surface area contributed by atoms with E-state index in [1.165, 1.54) is 7.11 Å². The van der Waals surface area contributed by atoms with Gasteiger partial charge in [-0.1, -0.05) is 12.1 Å². The van der Waals surface area contributed by atoms with Crippen LogP contribution in [0.1, 0.15) is 26.4 Å². The number of ether oxygens (including phenoxy) is 1. The maximum atomic E-state index is 11.7. The molecule has 0 fully saturated rings. The van der Waals surface area contributed by atoms with Gasteiger partial charge >= 0.3 is 5.97 Å². The molecule has 1 aromatic heterocycles. The van der Waals surface area contributed by atoms with E-state index in [1.54, 1.807) is 42.6 Å². The van der Waals surface area contributed by atoms with E-state index in [0.29, 0.717) is 17.8 Å². The van der Waals surface area contributed by atoms with Gasteiger partial charge in [0.05, 0.1) is 12.7 Å². The van der Waals surface area contributed by atoms with Crippen molar-refractivity contribution < 1.29 is 14.3 Å². The van der Waals surface area contributed by atoms with E-state index < -0.39 is 0 Å². The topological polar surface area (TPSA) is 71.2 Å². The van der Waals surface area contributed by atoms with Crippen LogP contribution in [0.4, 0.5) is 0 Å². The van der Waals surface area contributed by atoms with Gasteiger partial charge in [-0.3, -0.25) is 4.79 Å². The van der Waals surface area contributed by atoms with Crippen LogP contribution in [-0.2, 0) is 11.3 Å². The Labute approximate surface area is 110 Å². The monoisotopic (exact) mass is 258 g/mol. The number of hydrogen-bond donors (Lipinski definition) is 2. The zero-order valence-electron chi connectivity index (χ0n) is 10.5. The molecule has 5 nitrogen and oxygen atoms in total. The molecule has 0 saturated heterocycles. The van der Waals surface area contributed by atoms with Gasteiger partial charge in [-0.25, -0.2) is 4.79 Å². The fourth-order valence-corrected chi connectivity index (χ4v) is 1.63. The number of amides is 1. The number of aromatic nitrogens is 1. The Bertz CT molecular complexity index is 559. The lowest BCUT2D eigenvalue weighted by Gasteiger charge is -2.05. The van der Waals surface area contributed by atoms with Crippen LogP contribution < -0.4 is 5.32 Å². The SMILES string of the molecule is COC(=O)c1ccc(CNC(=O)c2ccc[nH]2)cc1. The highest BCUT2D eigenvalue weighted by Crippen LogP contribution is 2.06. The zero-order chi connectivity index (χ0) is 13.7. The van der Waals surface area contributed by atoms with Gasteiger partial charge in [0.15, 0.2) is 0 Å². The highest BCUT2D eigenvalue weighted by atomic mass is 16.5. The van der Waals surface area contributed by atoms with Gasteiger partial charge in [0.2, 0.25) is 0 Å². The fourth-order valence-electron chi connectivity index (χ4n) is 1.63. The molecule has 0 aliphatic heterocycles. The van der Waals surface area contributed by atoms with Crippen LogP contribution in [0.15, 0.2) is 42.6 Å². The van der Waals surface area contributed by atoms with E-state index in [1.807, 2.05) is 0 Å². The second-order valence-electron chi connectivity index (χ2n) is 3.95. The number of methoxy groups -OCH3 is 1. The second-order valence-corrected chi connectivity index (χ2v) is 3.95. The van der Waals surface area contributed by atoms with Crippen molar-refractivity contribution in [2.75, 3.05) is 7.11 Å². The van der Waals surface area contributed by atoms with Crippen molar-refractivity contribution >= 4 is 11.9 Å². The lowest BCUT2D eigenvalue weighted by Crippen LogP contribution is -2.23. The first-order chi connectivity index (χ1) is 9.20. The maximum absolute atomic E-state index is 11.7. The van der Waals surface area contributed by atoms with Crippen LogP contribution in [0.5, 0.6) is 0 Å². The van der Waals surface area contributed by atoms with Crippen LogP contribution in [-0.4, -0.2) is 24.0 Å². The molecule has 19 heavy (non-hydrogen) atoms. The molecule has 0 unspecified atom stereocenters. The average molecular weight is 258 g/mol. The summed E-state index contributed by atoms with van der Waals surface area (Å²) in [5.74, 6) is -0.538. The minimum absolute atomic E-state index is 0.165. The van der Waals surface area contributed by atoms with Crippen LogP contribution in [0.2, 0.25) is 0 Å². The van der Waals surface area contributed by atoms with E-state index in [-0.39, 0.29) is 11.9 Å². The molecule has 0 radical (unpaired) electrons. The molecule has 0 aliphatic carbocycles. The molecular formula is C14H14N2O3. The summed E-state index contributed by atoms with van der Waals surface area (Å²) in [6.07, 6.45) is 1.69. The summed E-state index contributed by atoms with van der Waals surface area (Å²) in [5.41, 5.74) is 1.92. The van der Waals surface area contributed by atoms with Crippen LogP contribution in [0, 0.1) is 0 Å². The Hall–Kier alpha value is -2.56. The predicted molar refractivity (Wildman–Crippen MR) is 69.7 cm³/mol. The summed E-state index contributed by atoms with van der Waals surface area (Å²) in [5, 5.41) is 2.78. The Morgan fingerprint density at radius 3 is 2.53 bits per heavy atom. The molecule has 0 atom stereocenters. The minimum Gasteiger partial charge on any atom is -0.465 e. The van der Waals surface area contributed by atoms with Crippen molar-refractivity contribution in [3.63, 3.8) is 0 Å². The van der Waals surface area contributed by atoms with Crippen molar-refractivity contribution in [3.8, 4) is 0 Å². The number of H-pyrrole nitrogens is 1. The van der Waals surface area contributed by atoms with Crippen molar-refractivity contribution in [2.45, 2.75) is 6.54 Å². The number of esters is 1. The smallest absolute Gasteiger partial charge is 0.337 e. The second kappa shape index (κ2) is 5.86. The molecule has 1 amide bonds. The molecular weight excluding hydrogens is 244 g/mol. The zero-order valence-corrected chi connectivity index (χ0v) is 10.5. The Kier molecular flexibility index (Phi) is 3.97. The first kappa shape index (κ1) is 12.9. The van der Waals surface area contributed by atoms with Gasteiger partial charge in [-0.2, -0.15) is 0 Å². The van der Waals surface area contributed by atoms with E-state index in [9.17, 15) is 9.59 Å². The minimum atomic E-state index is -0.373. The van der Waals surface area contributed by atoms with Gasteiger partial charge in [0.25, 0.3) is 5.91 Å². The van der Waals surface area contributed by atoms with Crippen LogP contribution in [0.3, 0.4) is 0 Å². The van der Waals surface area contributed by atoms with E-state index in [0.717, 1.165) is 5.56 Å². The van der Waals surface area contributed by atoms with Gasteiger partial charge < -0.3 is 15.0 Å². The number of benzene rings is 1. The van der Waals surface area contributed by atoms with Crippen molar-refractivity contribution in [1.82, 2.24) is 10.3 Å². The van der Waals surface area contributed by atoms with Crippen LogP contribution in [0.25, 0.3) is 0 Å². The lowest BCUT2D eigenvalue weighted by atomic mass is 10.1. The molecule has 0 aliphatic rings. The first-order valence-corrected chi connectivity index (χ1v) is 5.79. The van der Waals surface area contributed by atoms with E-state index in [4.69, 9.17) is 0 Å². The largest absolute Gasteiger partial charge is 0.465 e. The van der Waals surface area contributed by atoms with Crippen molar-refractivity contribution in [1.29, 1.82) is 0 Å². The summed E-state index contributed by atoms with van der Waals surface area (Å²) < 4.78 is 4.61. The summed E-state index contributed by atoms with van der Waals surface area (Å²) >= 11 is 0. The van der Waals surface area contributed by atoms with Crippen LogP contribution >= 0.6 is 0 Å². The predicted octanol–water partition coefficient (Wildman–Crippen LogP) is 1.73. The van der Waals surface area contributed by atoms with E-state index in [2.05, 4.69) is 15.0 Å². The first-order valence-electron chi connectivity index (χ1n) is 5.79.